The Hall–Kier alpha value is -1.31. The van der Waals surface area contributed by atoms with Crippen LogP contribution in [0.2, 0.25) is 0 Å². The van der Waals surface area contributed by atoms with E-state index in [1.54, 1.807) is 0 Å². The molecule has 0 aromatic heterocycles. The molecular formula is C20H29NO. The van der Waals surface area contributed by atoms with Gasteiger partial charge in [-0.3, -0.25) is 4.79 Å². The summed E-state index contributed by atoms with van der Waals surface area (Å²) >= 11 is 0. The number of hydrogen-bond acceptors (Lipinski definition) is 1. The minimum absolute atomic E-state index is 0.223. The lowest BCUT2D eigenvalue weighted by Gasteiger charge is -2.36. The molecule has 1 aromatic rings. The lowest BCUT2D eigenvalue weighted by molar-refractivity contribution is -0.129. The van der Waals surface area contributed by atoms with Crippen LogP contribution >= 0.6 is 0 Å². The number of rotatable bonds is 4. The van der Waals surface area contributed by atoms with Crippen molar-refractivity contribution in [1.82, 2.24) is 5.32 Å². The van der Waals surface area contributed by atoms with Gasteiger partial charge in [0.05, 0.1) is 0 Å². The molecule has 2 saturated carbocycles. The quantitative estimate of drug-likeness (QED) is 0.879. The van der Waals surface area contributed by atoms with E-state index in [1.807, 2.05) is 0 Å². The van der Waals surface area contributed by atoms with Crippen molar-refractivity contribution in [3.8, 4) is 0 Å². The van der Waals surface area contributed by atoms with Crippen molar-refractivity contribution in [2.24, 2.45) is 23.7 Å². The first-order chi connectivity index (χ1) is 10.6. The molecule has 0 heterocycles. The van der Waals surface area contributed by atoms with Gasteiger partial charge in [-0.2, -0.15) is 0 Å². The first-order valence-corrected chi connectivity index (χ1v) is 8.91. The van der Waals surface area contributed by atoms with Crippen molar-refractivity contribution in [2.45, 2.75) is 58.4 Å². The van der Waals surface area contributed by atoms with Crippen LogP contribution in [-0.2, 0) is 4.79 Å². The third-order valence-corrected chi connectivity index (χ3v) is 5.70. The van der Waals surface area contributed by atoms with Crippen LogP contribution in [0.15, 0.2) is 30.3 Å². The molecule has 0 saturated heterocycles. The fourth-order valence-electron chi connectivity index (χ4n) is 4.22. The van der Waals surface area contributed by atoms with E-state index in [0.29, 0.717) is 35.6 Å². The predicted molar refractivity (Wildman–Crippen MR) is 90.6 cm³/mol. The Kier molecular flexibility index (Phi) is 4.56. The molecule has 1 aromatic carbocycles. The molecule has 0 radical (unpaired) electrons. The summed E-state index contributed by atoms with van der Waals surface area (Å²) in [5.74, 6) is 2.92. The third-order valence-electron chi connectivity index (χ3n) is 5.70. The van der Waals surface area contributed by atoms with Gasteiger partial charge in [0, 0.05) is 17.9 Å². The number of benzene rings is 1. The molecule has 1 N–H and O–H groups in total. The summed E-state index contributed by atoms with van der Waals surface area (Å²) in [7, 11) is 0. The third kappa shape index (κ3) is 3.37. The van der Waals surface area contributed by atoms with E-state index in [4.69, 9.17) is 0 Å². The van der Waals surface area contributed by atoms with E-state index in [9.17, 15) is 4.79 Å². The summed E-state index contributed by atoms with van der Waals surface area (Å²) < 4.78 is 0. The Labute approximate surface area is 134 Å². The predicted octanol–water partition coefficient (Wildman–Crippen LogP) is 4.37. The minimum Gasteiger partial charge on any atom is -0.352 e. The number of carbonyl (C=O) groups is 1. The first kappa shape index (κ1) is 15.6. The fourth-order valence-corrected chi connectivity index (χ4v) is 4.22. The van der Waals surface area contributed by atoms with E-state index >= 15 is 0 Å². The molecule has 2 fully saturated rings. The zero-order valence-electron chi connectivity index (χ0n) is 14.1. The molecule has 22 heavy (non-hydrogen) atoms. The van der Waals surface area contributed by atoms with Gasteiger partial charge in [-0.25, -0.2) is 0 Å². The van der Waals surface area contributed by atoms with E-state index in [2.05, 4.69) is 56.4 Å². The van der Waals surface area contributed by atoms with Crippen LogP contribution in [0, 0.1) is 23.7 Å². The van der Waals surface area contributed by atoms with Crippen molar-refractivity contribution in [1.29, 1.82) is 0 Å². The monoisotopic (exact) mass is 299 g/mol. The number of carbonyl (C=O) groups excluding carboxylic acids is 1. The molecule has 0 spiro atoms. The van der Waals surface area contributed by atoms with Gasteiger partial charge in [0.25, 0.3) is 0 Å². The lowest BCUT2D eigenvalue weighted by Crippen LogP contribution is -2.41. The molecule has 2 aliphatic rings. The normalized spacial score (nSPS) is 34.5. The molecule has 2 aliphatic carbocycles. The zero-order chi connectivity index (χ0) is 15.7. The highest BCUT2D eigenvalue weighted by Gasteiger charge is 2.42. The largest absolute Gasteiger partial charge is 0.352 e. The summed E-state index contributed by atoms with van der Waals surface area (Å²) in [6.07, 6.45) is 4.66. The van der Waals surface area contributed by atoms with Crippen LogP contribution in [0.25, 0.3) is 0 Å². The van der Waals surface area contributed by atoms with Crippen LogP contribution in [0.1, 0.15) is 57.9 Å². The SMILES string of the molecule is CC1CCC(C(C)C)C(C(=O)NC2CC2c2ccccc2)C1. The summed E-state index contributed by atoms with van der Waals surface area (Å²) in [5.41, 5.74) is 1.37. The molecule has 2 nitrogen and oxygen atoms in total. The average Bonchev–Trinajstić information content (AvgIpc) is 3.27. The number of hydrogen-bond donors (Lipinski definition) is 1. The highest BCUT2D eigenvalue weighted by molar-refractivity contribution is 5.80. The maximum Gasteiger partial charge on any atom is 0.223 e. The summed E-state index contributed by atoms with van der Waals surface area (Å²) in [5, 5.41) is 3.34. The molecule has 3 rings (SSSR count). The second-order valence-corrected chi connectivity index (χ2v) is 7.80. The average molecular weight is 299 g/mol. The Bertz CT molecular complexity index is 510. The first-order valence-electron chi connectivity index (χ1n) is 8.91. The summed E-state index contributed by atoms with van der Waals surface area (Å²) in [6.45, 7) is 6.83. The van der Waals surface area contributed by atoms with Crippen LogP contribution in [0.3, 0.4) is 0 Å². The van der Waals surface area contributed by atoms with Crippen LogP contribution < -0.4 is 5.32 Å². The molecule has 5 unspecified atom stereocenters. The summed E-state index contributed by atoms with van der Waals surface area (Å²) in [6, 6.07) is 10.9. The van der Waals surface area contributed by atoms with Gasteiger partial charge in [-0.15, -0.1) is 0 Å². The standard InChI is InChI=1S/C20H29NO/c1-13(2)16-10-9-14(3)11-18(16)20(22)21-19-12-17(19)15-7-5-4-6-8-15/h4-8,13-14,16-19H,9-12H2,1-3H3,(H,21,22). The highest BCUT2D eigenvalue weighted by Crippen LogP contribution is 2.42. The van der Waals surface area contributed by atoms with Crippen molar-refractivity contribution in [2.75, 3.05) is 0 Å². The Morgan fingerprint density at radius 2 is 1.86 bits per heavy atom. The highest BCUT2D eigenvalue weighted by atomic mass is 16.2. The van der Waals surface area contributed by atoms with Gasteiger partial charge < -0.3 is 5.32 Å². The van der Waals surface area contributed by atoms with Gasteiger partial charge >= 0.3 is 0 Å². The van der Waals surface area contributed by atoms with E-state index in [0.717, 1.165) is 12.8 Å². The zero-order valence-corrected chi connectivity index (χ0v) is 14.1. The Morgan fingerprint density at radius 3 is 2.55 bits per heavy atom. The van der Waals surface area contributed by atoms with Crippen LogP contribution in [-0.4, -0.2) is 11.9 Å². The van der Waals surface area contributed by atoms with Gasteiger partial charge in [0.1, 0.15) is 0 Å². The fraction of sp³-hybridized carbons (Fsp3) is 0.650. The van der Waals surface area contributed by atoms with Crippen molar-refractivity contribution in [3.05, 3.63) is 35.9 Å². The van der Waals surface area contributed by atoms with Crippen molar-refractivity contribution in [3.63, 3.8) is 0 Å². The minimum atomic E-state index is 0.223. The smallest absolute Gasteiger partial charge is 0.223 e. The van der Waals surface area contributed by atoms with Crippen molar-refractivity contribution < 1.29 is 4.79 Å². The van der Waals surface area contributed by atoms with Gasteiger partial charge in [-0.1, -0.05) is 57.5 Å². The van der Waals surface area contributed by atoms with Crippen LogP contribution in [0.5, 0.6) is 0 Å². The lowest BCUT2D eigenvalue weighted by atomic mass is 9.70. The molecular weight excluding hydrogens is 270 g/mol. The molecule has 0 bridgehead atoms. The van der Waals surface area contributed by atoms with Gasteiger partial charge in [0.2, 0.25) is 5.91 Å². The molecule has 120 valence electrons. The second-order valence-electron chi connectivity index (χ2n) is 7.80. The number of amides is 1. The van der Waals surface area contributed by atoms with Crippen molar-refractivity contribution >= 4 is 5.91 Å². The molecule has 0 aliphatic heterocycles. The number of nitrogens with one attached hydrogen (secondary N) is 1. The van der Waals surface area contributed by atoms with E-state index < -0.39 is 0 Å². The second kappa shape index (κ2) is 6.44. The maximum absolute atomic E-state index is 12.8. The topological polar surface area (TPSA) is 29.1 Å². The van der Waals surface area contributed by atoms with Gasteiger partial charge in [-0.05, 0) is 42.6 Å². The molecule has 1 amide bonds. The van der Waals surface area contributed by atoms with E-state index in [1.165, 1.54) is 18.4 Å². The molecule has 5 atom stereocenters. The molecule has 2 heteroatoms. The summed E-state index contributed by atoms with van der Waals surface area (Å²) in [4.78, 5) is 12.8. The Balaban J connectivity index is 1.59. The maximum atomic E-state index is 12.8. The van der Waals surface area contributed by atoms with Gasteiger partial charge in [0.15, 0.2) is 0 Å². The van der Waals surface area contributed by atoms with E-state index in [-0.39, 0.29) is 5.92 Å². The Morgan fingerprint density at radius 1 is 1.14 bits per heavy atom. The van der Waals surface area contributed by atoms with Crippen LogP contribution in [0.4, 0.5) is 0 Å².